The van der Waals surface area contributed by atoms with Crippen molar-refractivity contribution in [3.8, 4) is 0 Å². The first-order chi connectivity index (χ1) is 17.6. The second-order valence-corrected chi connectivity index (χ2v) is 10.4. The van der Waals surface area contributed by atoms with Gasteiger partial charge in [0.05, 0.1) is 33.3 Å². The van der Waals surface area contributed by atoms with Crippen LogP contribution in [0.15, 0.2) is 78.9 Å². The van der Waals surface area contributed by atoms with Crippen molar-refractivity contribution in [1.82, 2.24) is 0 Å². The molecule has 2 bridgehead atoms. The Morgan fingerprint density at radius 3 is 1.65 bits per heavy atom. The third-order valence-electron chi connectivity index (χ3n) is 8.55. The first-order valence-electron chi connectivity index (χ1n) is 12.2. The van der Waals surface area contributed by atoms with Gasteiger partial charge in [0.2, 0.25) is 11.8 Å². The molecule has 4 atom stereocenters. The number of nitrogens with zero attached hydrogens (tertiary/aromatic N) is 2. The number of nitro benzene ring substituents is 1. The molecule has 3 aromatic rings. The number of nitro groups is 1. The first-order valence-corrected chi connectivity index (χ1v) is 12.2. The van der Waals surface area contributed by atoms with Crippen LogP contribution in [-0.4, -0.2) is 22.5 Å². The molecule has 0 spiro atoms. The van der Waals surface area contributed by atoms with Gasteiger partial charge in [-0.2, -0.15) is 0 Å². The molecular weight excluding hydrogens is 468 g/mol. The zero-order chi connectivity index (χ0) is 26.3. The lowest BCUT2D eigenvalue weighted by molar-refractivity contribution is -0.384. The van der Waals surface area contributed by atoms with E-state index in [1.165, 1.54) is 18.2 Å². The first kappa shape index (κ1) is 23.0. The lowest BCUT2D eigenvalue weighted by atomic mass is 9.63. The Morgan fingerprint density at radius 1 is 0.757 bits per heavy atom. The summed E-state index contributed by atoms with van der Waals surface area (Å²) in [5, 5.41) is 11.5. The monoisotopic (exact) mass is 492 g/mol. The molecule has 0 aromatic heterocycles. The Kier molecular flexibility index (Phi) is 4.70. The van der Waals surface area contributed by atoms with Crippen LogP contribution in [0.4, 0.5) is 11.4 Å². The molecule has 37 heavy (non-hydrogen) atoms. The van der Waals surface area contributed by atoms with Gasteiger partial charge in [0.15, 0.2) is 5.78 Å². The van der Waals surface area contributed by atoms with E-state index < -0.39 is 39.4 Å². The van der Waals surface area contributed by atoms with Crippen LogP contribution in [0.1, 0.15) is 30.5 Å². The average Bonchev–Trinajstić information content (AvgIpc) is 3.34. The molecule has 3 aliphatic rings. The van der Waals surface area contributed by atoms with Crippen molar-refractivity contribution in [2.24, 2.45) is 22.7 Å². The summed E-state index contributed by atoms with van der Waals surface area (Å²) >= 11 is 0. The molecule has 0 N–H and O–H groups in total. The zero-order valence-corrected chi connectivity index (χ0v) is 20.6. The van der Waals surface area contributed by atoms with E-state index in [1.54, 1.807) is 20.8 Å². The van der Waals surface area contributed by atoms with Gasteiger partial charge in [-0.1, -0.05) is 66.7 Å². The summed E-state index contributed by atoms with van der Waals surface area (Å²) in [5.74, 6) is -2.92. The van der Waals surface area contributed by atoms with Crippen molar-refractivity contribution in [2.75, 3.05) is 4.90 Å². The molecule has 2 aliphatic carbocycles. The number of anilines is 1. The smallest absolute Gasteiger partial charge is 0.271 e. The third kappa shape index (κ3) is 2.74. The van der Waals surface area contributed by atoms with Crippen LogP contribution < -0.4 is 4.90 Å². The van der Waals surface area contributed by atoms with Crippen molar-refractivity contribution in [2.45, 2.75) is 20.8 Å². The minimum atomic E-state index is -1.23. The summed E-state index contributed by atoms with van der Waals surface area (Å²) in [5.41, 5.74) is 1.31. The summed E-state index contributed by atoms with van der Waals surface area (Å²) in [6.07, 6.45) is 0. The van der Waals surface area contributed by atoms with Crippen molar-refractivity contribution in [1.29, 1.82) is 0 Å². The minimum absolute atomic E-state index is 0.134. The highest BCUT2D eigenvalue weighted by Crippen LogP contribution is 2.73. The zero-order valence-electron chi connectivity index (χ0n) is 20.6. The fourth-order valence-corrected chi connectivity index (χ4v) is 7.00. The molecule has 1 aliphatic heterocycles. The maximum Gasteiger partial charge on any atom is 0.271 e. The van der Waals surface area contributed by atoms with Crippen LogP contribution in [0.5, 0.6) is 0 Å². The quantitative estimate of drug-likeness (QED) is 0.282. The van der Waals surface area contributed by atoms with Crippen molar-refractivity contribution < 1.29 is 19.3 Å². The number of imide groups is 1. The number of rotatable bonds is 4. The van der Waals surface area contributed by atoms with Crippen LogP contribution in [0, 0.1) is 39.7 Å². The molecule has 1 saturated carbocycles. The van der Waals surface area contributed by atoms with E-state index in [1.807, 2.05) is 60.7 Å². The van der Waals surface area contributed by atoms with Gasteiger partial charge < -0.3 is 0 Å². The van der Waals surface area contributed by atoms with Crippen LogP contribution in [0.3, 0.4) is 0 Å². The van der Waals surface area contributed by atoms with Crippen molar-refractivity contribution >= 4 is 40.1 Å². The average molecular weight is 493 g/mol. The number of carbonyl (C=O) groups is 3. The van der Waals surface area contributed by atoms with Gasteiger partial charge in [0.1, 0.15) is 0 Å². The van der Waals surface area contributed by atoms with Gasteiger partial charge in [-0.25, -0.2) is 4.90 Å². The van der Waals surface area contributed by atoms with Gasteiger partial charge in [0.25, 0.3) is 5.69 Å². The lowest BCUT2D eigenvalue weighted by Crippen LogP contribution is -2.40. The molecule has 0 unspecified atom stereocenters. The Hall–Kier alpha value is -4.39. The number of fused-ring (bicyclic) bond motifs is 5. The van der Waals surface area contributed by atoms with Crippen LogP contribution >= 0.6 is 0 Å². The summed E-state index contributed by atoms with van der Waals surface area (Å²) in [7, 11) is 0. The molecule has 7 heteroatoms. The van der Waals surface area contributed by atoms with Crippen molar-refractivity contribution in [3.05, 3.63) is 106 Å². The van der Waals surface area contributed by atoms with Gasteiger partial charge in [-0.15, -0.1) is 0 Å². The molecule has 1 heterocycles. The number of carbonyl (C=O) groups excluding carboxylic acids is 3. The van der Waals surface area contributed by atoms with E-state index in [0.29, 0.717) is 5.56 Å². The molecule has 2 amide bonds. The molecule has 3 aromatic carbocycles. The largest absolute Gasteiger partial charge is 0.298 e. The maximum absolute atomic E-state index is 14.3. The Balaban J connectivity index is 1.61. The highest BCUT2D eigenvalue weighted by Gasteiger charge is 2.79. The Morgan fingerprint density at radius 2 is 1.22 bits per heavy atom. The normalized spacial score (nSPS) is 28.3. The number of Topliss-reactive ketones (excluding diaryl/α,β-unsaturated/α-hetero) is 1. The standard InChI is InChI=1S/C30H24N2O5/c1-17-14-15-20(32(36)37)16-21(17)31-26(33)24-25(27(31)34)30(3)23(19-12-8-5-9-13-19)22(29(24,2)28(30)35)18-10-6-4-7-11-18/h4-16,24-25H,1-3H3/t24-,25-,29-,30-/m0/s1. The predicted octanol–water partition coefficient (Wildman–Crippen LogP) is 5.23. The van der Waals surface area contributed by atoms with E-state index in [-0.39, 0.29) is 17.2 Å². The van der Waals surface area contributed by atoms with Gasteiger partial charge in [0, 0.05) is 12.1 Å². The highest BCUT2D eigenvalue weighted by molar-refractivity contribution is 6.34. The number of hydrogen-bond donors (Lipinski definition) is 0. The topological polar surface area (TPSA) is 97.6 Å². The van der Waals surface area contributed by atoms with Crippen LogP contribution in [0.25, 0.3) is 11.1 Å². The molecule has 184 valence electrons. The van der Waals surface area contributed by atoms with E-state index in [4.69, 9.17) is 0 Å². The summed E-state index contributed by atoms with van der Waals surface area (Å²) in [6.45, 7) is 5.27. The molecular formula is C30H24N2O5. The number of amides is 2. The summed E-state index contributed by atoms with van der Waals surface area (Å²) in [6, 6.07) is 23.2. The molecule has 2 fully saturated rings. The Labute approximate surface area is 213 Å². The number of benzene rings is 3. The number of non-ortho nitro benzene ring substituents is 1. The molecule has 1 saturated heterocycles. The SMILES string of the molecule is Cc1ccc([N+](=O)[O-])cc1N1C(=O)[C@@H]2[C@@H](C1=O)[C@@]1(C)C(=O)[C@@]2(C)C(c2ccccc2)=C1c1ccccc1. The molecule has 0 radical (unpaired) electrons. The fourth-order valence-electron chi connectivity index (χ4n) is 7.00. The number of aryl methyl sites for hydroxylation is 1. The molecule has 7 nitrogen and oxygen atoms in total. The minimum Gasteiger partial charge on any atom is -0.298 e. The van der Waals surface area contributed by atoms with E-state index >= 15 is 0 Å². The van der Waals surface area contributed by atoms with E-state index in [0.717, 1.165) is 27.2 Å². The molecule has 6 rings (SSSR count). The van der Waals surface area contributed by atoms with E-state index in [2.05, 4.69) is 0 Å². The maximum atomic E-state index is 14.3. The predicted molar refractivity (Wildman–Crippen MR) is 138 cm³/mol. The number of hydrogen-bond acceptors (Lipinski definition) is 5. The Bertz CT molecular complexity index is 1480. The third-order valence-corrected chi connectivity index (χ3v) is 8.55. The number of ketones is 1. The number of allylic oxidation sites excluding steroid dienone is 2. The highest BCUT2D eigenvalue weighted by atomic mass is 16.6. The van der Waals surface area contributed by atoms with Gasteiger partial charge in [-0.05, 0) is 48.6 Å². The van der Waals surface area contributed by atoms with Gasteiger partial charge in [-0.3, -0.25) is 24.5 Å². The fraction of sp³-hybridized carbons (Fsp3) is 0.233. The second kappa shape index (κ2) is 7.56. The van der Waals surface area contributed by atoms with Gasteiger partial charge >= 0.3 is 0 Å². The summed E-state index contributed by atoms with van der Waals surface area (Å²) < 4.78 is 0. The van der Waals surface area contributed by atoms with Crippen molar-refractivity contribution in [3.63, 3.8) is 0 Å². The summed E-state index contributed by atoms with van der Waals surface area (Å²) in [4.78, 5) is 54.5. The lowest BCUT2D eigenvalue weighted by Gasteiger charge is -2.35. The second-order valence-electron chi connectivity index (χ2n) is 10.4. The van der Waals surface area contributed by atoms with E-state index in [9.17, 15) is 24.5 Å². The van der Waals surface area contributed by atoms with Crippen LogP contribution in [0.2, 0.25) is 0 Å². The van der Waals surface area contributed by atoms with Crippen LogP contribution in [-0.2, 0) is 14.4 Å².